The van der Waals surface area contributed by atoms with Crippen molar-refractivity contribution in [3.8, 4) is 5.75 Å². The van der Waals surface area contributed by atoms with Crippen LogP contribution in [0.1, 0.15) is 10.5 Å². The lowest BCUT2D eigenvalue weighted by molar-refractivity contribution is -0.133. The van der Waals surface area contributed by atoms with Crippen molar-refractivity contribution in [2.45, 2.75) is 0 Å². The van der Waals surface area contributed by atoms with Gasteiger partial charge in [0.15, 0.2) is 11.4 Å². The molecule has 1 rings (SSSR count). The van der Waals surface area contributed by atoms with Gasteiger partial charge in [0.25, 0.3) is 5.91 Å². The van der Waals surface area contributed by atoms with Gasteiger partial charge in [-0.15, -0.1) is 11.8 Å². The summed E-state index contributed by atoms with van der Waals surface area (Å²) in [5, 5.41) is 11.1. The summed E-state index contributed by atoms with van der Waals surface area (Å²) < 4.78 is 5.34. The van der Waals surface area contributed by atoms with Crippen molar-refractivity contribution < 1.29 is 19.4 Å². The third-order valence-electron chi connectivity index (χ3n) is 2.10. The third kappa shape index (κ3) is 5.75. The van der Waals surface area contributed by atoms with Crippen LogP contribution in [0.15, 0.2) is 31.0 Å². The number of amides is 1. The molecule has 0 aliphatic carbocycles. The molecule has 0 aliphatic heterocycles. The van der Waals surface area contributed by atoms with Crippen LogP contribution in [0.25, 0.3) is 0 Å². The molecule has 20 heavy (non-hydrogen) atoms. The predicted octanol–water partition coefficient (Wildman–Crippen LogP) is 1.19. The Labute approximate surface area is 121 Å². The summed E-state index contributed by atoms with van der Waals surface area (Å²) in [6.45, 7) is 4.20. The van der Waals surface area contributed by atoms with Gasteiger partial charge in [0.1, 0.15) is 6.61 Å². The van der Waals surface area contributed by atoms with Crippen LogP contribution in [0.3, 0.4) is 0 Å². The van der Waals surface area contributed by atoms with E-state index in [0.717, 1.165) is 0 Å². The van der Waals surface area contributed by atoms with Gasteiger partial charge < -0.3 is 15.2 Å². The van der Waals surface area contributed by atoms with Crippen molar-refractivity contribution in [3.63, 3.8) is 0 Å². The van der Waals surface area contributed by atoms with Gasteiger partial charge in [-0.05, 0) is 12.1 Å². The normalized spacial score (nSPS) is 9.80. The molecular formula is C13H16N2O4S. The number of nitrogens with zero attached hydrogens (tertiary/aromatic N) is 1. The molecule has 0 aromatic carbocycles. The highest BCUT2D eigenvalue weighted by atomic mass is 32.2. The minimum atomic E-state index is -0.869. The topological polar surface area (TPSA) is 88.5 Å². The Morgan fingerprint density at radius 1 is 1.55 bits per heavy atom. The molecule has 0 atom stereocenters. The molecule has 0 fully saturated rings. The highest BCUT2D eigenvalue weighted by Crippen LogP contribution is 2.15. The minimum Gasteiger partial charge on any atom is -0.487 e. The lowest BCUT2D eigenvalue weighted by Gasteiger charge is -2.09. The fourth-order valence-corrected chi connectivity index (χ4v) is 1.87. The number of carboxylic acids is 1. The maximum Gasteiger partial charge on any atom is 0.313 e. The summed E-state index contributed by atoms with van der Waals surface area (Å²) in [7, 11) is 0. The SMILES string of the molecule is C=CCOc1cccnc1C(=O)NCCSCC(=O)O. The average Bonchev–Trinajstić information content (AvgIpc) is 2.44. The number of ether oxygens (including phenoxy) is 1. The van der Waals surface area contributed by atoms with Gasteiger partial charge in [0.05, 0.1) is 5.75 Å². The van der Waals surface area contributed by atoms with E-state index in [9.17, 15) is 9.59 Å². The lowest BCUT2D eigenvalue weighted by atomic mass is 10.3. The maximum atomic E-state index is 11.9. The fraction of sp³-hybridized carbons (Fsp3) is 0.308. The second kappa shape index (κ2) is 8.98. The molecule has 0 radical (unpaired) electrons. The number of nitrogens with one attached hydrogen (secondary N) is 1. The molecule has 1 aromatic heterocycles. The summed E-state index contributed by atoms with van der Waals surface area (Å²) in [6.07, 6.45) is 3.09. The van der Waals surface area contributed by atoms with Gasteiger partial charge in [-0.1, -0.05) is 12.7 Å². The zero-order valence-electron chi connectivity index (χ0n) is 10.9. The summed E-state index contributed by atoms with van der Waals surface area (Å²) >= 11 is 1.24. The van der Waals surface area contributed by atoms with E-state index in [1.807, 2.05) is 0 Å². The molecule has 0 spiro atoms. The molecule has 0 saturated carbocycles. The molecule has 1 aromatic rings. The standard InChI is InChI=1S/C13H16N2O4S/c1-2-7-19-10-4-3-5-14-12(10)13(18)15-6-8-20-9-11(16)17/h2-5H,1,6-9H2,(H,15,18)(H,16,17). The first-order valence-electron chi connectivity index (χ1n) is 5.91. The average molecular weight is 296 g/mol. The summed E-state index contributed by atoms with van der Waals surface area (Å²) in [4.78, 5) is 26.2. The van der Waals surface area contributed by atoms with Crippen LogP contribution < -0.4 is 10.1 Å². The first kappa shape index (κ1) is 16.0. The van der Waals surface area contributed by atoms with E-state index < -0.39 is 5.97 Å². The summed E-state index contributed by atoms with van der Waals surface area (Å²) in [5.41, 5.74) is 0.206. The molecule has 2 N–H and O–H groups in total. The third-order valence-corrected chi connectivity index (χ3v) is 3.04. The molecule has 0 saturated heterocycles. The first-order chi connectivity index (χ1) is 9.65. The number of carbonyl (C=O) groups is 2. The van der Waals surface area contributed by atoms with Gasteiger partial charge in [-0.25, -0.2) is 4.98 Å². The second-order valence-electron chi connectivity index (χ2n) is 3.65. The number of aliphatic carboxylic acids is 1. The van der Waals surface area contributed by atoms with Crippen LogP contribution in [-0.2, 0) is 4.79 Å². The number of thioether (sulfide) groups is 1. The molecule has 108 valence electrons. The van der Waals surface area contributed by atoms with E-state index in [2.05, 4.69) is 16.9 Å². The Kier molecular flexibility index (Phi) is 7.20. The number of pyridine rings is 1. The molecule has 0 unspecified atom stereocenters. The minimum absolute atomic E-state index is 0.0210. The Bertz CT molecular complexity index is 479. The highest BCUT2D eigenvalue weighted by molar-refractivity contribution is 7.99. The number of rotatable bonds is 9. The summed E-state index contributed by atoms with van der Waals surface area (Å²) in [5.74, 6) is -0.282. The van der Waals surface area contributed by atoms with Gasteiger partial charge in [-0.3, -0.25) is 9.59 Å². The number of hydrogen-bond donors (Lipinski definition) is 2. The Morgan fingerprint density at radius 3 is 3.05 bits per heavy atom. The smallest absolute Gasteiger partial charge is 0.313 e. The summed E-state index contributed by atoms with van der Waals surface area (Å²) in [6, 6.07) is 3.34. The fourth-order valence-electron chi connectivity index (χ4n) is 1.31. The quantitative estimate of drug-likeness (QED) is 0.526. The van der Waals surface area contributed by atoms with Gasteiger partial charge >= 0.3 is 5.97 Å². The monoisotopic (exact) mass is 296 g/mol. The van der Waals surface area contributed by atoms with Crippen molar-refractivity contribution in [1.29, 1.82) is 0 Å². The van der Waals surface area contributed by atoms with E-state index in [0.29, 0.717) is 24.7 Å². The zero-order valence-corrected chi connectivity index (χ0v) is 11.7. The molecular weight excluding hydrogens is 280 g/mol. The van der Waals surface area contributed by atoms with E-state index in [4.69, 9.17) is 9.84 Å². The number of carboxylic acid groups (broad SMARTS) is 1. The first-order valence-corrected chi connectivity index (χ1v) is 7.07. The van der Waals surface area contributed by atoms with Gasteiger partial charge in [-0.2, -0.15) is 0 Å². The van der Waals surface area contributed by atoms with Crippen LogP contribution in [0.2, 0.25) is 0 Å². The largest absolute Gasteiger partial charge is 0.487 e. The zero-order chi connectivity index (χ0) is 14.8. The van der Waals surface area contributed by atoms with Crippen molar-refractivity contribution in [3.05, 3.63) is 36.7 Å². The maximum absolute atomic E-state index is 11.9. The number of hydrogen-bond acceptors (Lipinski definition) is 5. The second-order valence-corrected chi connectivity index (χ2v) is 4.76. The van der Waals surface area contributed by atoms with Crippen molar-refractivity contribution in [1.82, 2.24) is 10.3 Å². The van der Waals surface area contributed by atoms with E-state index in [1.165, 1.54) is 18.0 Å². The van der Waals surface area contributed by atoms with Gasteiger partial charge in [0.2, 0.25) is 0 Å². The van der Waals surface area contributed by atoms with Crippen molar-refractivity contribution in [2.24, 2.45) is 0 Å². The molecule has 6 nitrogen and oxygen atoms in total. The Balaban J connectivity index is 2.46. The highest BCUT2D eigenvalue weighted by Gasteiger charge is 2.13. The lowest BCUT2D eigenvalue weighted by Crippen LogP contribution is -2.27. The molecule has 1 amide bonds. The van der Waals surface area contributed by atoms with Crippen LogP contribution in [0.4, 0.5) is 0 Å². The van der Waals surface area contributed by atoms with Crippen LogP contribution >= 0.6 is 11.8 Å². The Hall–Kier alpha value is -2.02. The molecule has 7 heteroatoms. The van der Waals surface area contributed by atoms with E-state index >= 15 is 0 Å². The molecule has 0 bridgehead atoms. The number of carbonyl (C=O) groups excluding carboxylic acids is 1. The van der Waals surface area contributed by atoms with Crippen LogP contribution in [-0.4, -0.2) is 46.6 Å². The Morgan fingerprint density at radius 2 is 2.35 bits per heavy atom. The van der Waals surface area contributed by atoms with Gasteiger partial charge in [0, 0.05) is 18.5 Å². The van der Waals surface area contributed by atoms with E-state index in [1.54, 1.807) is 18.2 Å². The van der Waals surface area contributed by atoms with Crippen molar-refractivity contribution in [2.75, 3.05) is 24.7 Å². The molecule has 1 heterocycles. The predicted molar refractivity (Wildman–Crippen MR) is 77.2 cm³/mol. The van der Waals surface area contributed by atoms with Crippen LogP contribution in [0.5, 0.6) is 5.75 Å². The number of aromatic nitrogens is 1. The van der Waals surface area contributed by atoms with Crippen LogP contribution in [0, 0.1) is 0 Å². The van der Waals surface area contributed by atoms with Crippen molar-refractivity contribution >= 4 is 23.6 Å². The van der Waals surface area contributed by atoms with E-state index in [-0.39, 0.29) is 17.4 Å². The molecule has 0 aliphatic rings.